The largest absolute Gasteiger partial charge is 0.444 e. The van der Waals surface area contributed by atoms with Gasteiger partial charge in [-0.3, -0.25) is 10.4 Å². The molecule has 0 spiro atoms. The van der Waals surface area contributed by atoms with Gasteiger partial charge in [-0.25, -0.2) is 4.79 Å². The van der Waals surface area contributed by atoms with E-state index in [9.17, 15) is 4.79 Å². The predicted molar refractivity (Wildman–Crippen MR) is 84.7 cm³/mol. The van der Waals surface area contributed by atoms with Crippen molar-refractivity contribution in [3.05, 3.63) is 23.9 Å². The highest BCUT2D eigenvalue weighted by Crippen LogP contribution is 2.29. The lowest BCUT2D eigenvalue weighted by Gasteiger charge is -2.20. The monoisotopic (exact) mass is 289 g/mol. The summed E-state index contributed by atoms with van der Waals surface area (Å²) in [5, 5.41) is 11.1. The molecule has 0 aliphatic carbocycles. The van der Waals surface area contributed by atoms with Crippen molar-refractivity contribution in [1.29, 1.82) is 0 Å². The lowest BCUT2D eigenvalue weighted by atomic mass is 9.90. The third-order valence-corrected chi connectivity index (χ3v) is 2.95. The number of carbonyl (C=O) groups is 1. The molecule has 21 heavy (non-hydrogen) atoms. The highest BCUT2D eigenvalue weighted by atomic mass is 16.6. The van der Waals surface area contributed by atoms with Crippen LogP contribution in [-0.2, 0) is 10.2 Å². The molecule has 114 valence electrons. The van der Waals surface area contributed by atoms with Crippen LogP contribution in [0.2, 0.25) is 0 Å². The molecule has 0 aliphatic rings. The number of carbonyl (C=O) groups excluding carboxylic acids is 1. The third-order valence-electron chi connectivity index (χ3n) is 2.95. The third kappa shape index (κ3) is 3.74. The Bertz CT molecular complexity index is 660. The second-order valence-corrected chi connectivity index (χ2v) is 7.21. The number of hydrogen-bond donors (Lipinski definition) is 2. The van der Waals surface area contributed by atoms with Crippen LogP contribution >= 0.6 is 0 Å². The summed E-state index contributed by atoms with van der Waals surface area (Å²) in [5.74, 6) is 0. The summed E-state index contributed by atoms with van der Waals surface area (Å²) >= 11 is 0. The van der Waals surface area contributed by atoms with Gasteiger partial charge in [-0.05, 0) is 39.0 Å². The zero-order valence-corrected chi connectivity index (χ0v) is 13.5. The van der Waals surface area contributed by atoms with Crippen LogP contribution in [-0.4, -0.2) is 21.9 Å². The van der Waals surface area contributed by atoms with Gasteiger partial charge in [0, 0.05) is 22.2 Å². The number of aromatic amines is 1. The van der Waals surface area contributed by atoms with Crippen molar-refractivity contribution < 1.29 is 9.53 Å². The molecule has 0 bridgehead atoms. The van der Waals surface area contributed by atoms with Crippen molar-refractivity contribution >= 4 is 22.7 Å². The molecule has 0 atom stereocenters. The normalized spacial score (nSPS) is 12.5. The molecule has 0 saturated heterocycles. The number of aromatic nitrogens is 2. The Labute approximate surface area is 125 Å². The maximum absolute atomic E-state index is 11.8. The van der Waals surface area contributed by atoms with Gasteiger partial charge in [0.05, 0.1) is 5.52 Å². The molecule has 5 heteroatoms. The summed E-state index contributed by atoms with van der Waals surface area (Å²) in [4.78, 5) is 11.8. The number of rotatable bonds is 1. The Morgan fingerprint density at radius 3 is 2.43 bits per heavy atom. The lowest BCUT2D eigenvalue weighted by Crippen LogP contribution is -2.27. The van der Waals surface area contributed by atoms with Crippen molar-refractivity contribution in [3.63, 3.8) is 0 Å². The van der Waals surface area contributed by atoms with Crippen LogP contribution in [0.1, 0.15) is 47.2 Å². The van der Waals surface area contributed by atoms with Crippen molar-refractivity contribution in [3.8, 4) is 0 Å². The molecular weight excluding hydrogens is 266 g/mol. The molecule has 0 radical (unpaired) electrons. The SMILES string of the molecule is CC(C)(C)OC(=O)Nc1ccc2n[nH]c(C(C)(C)C)c2c1. The highest BCUT2D eigenvalue weighted by Gasteiger charge is 2.20. The minimum absolute atomic E-state index is 0.0424. The number of anilines is 1. The first-order valence-corrected chi connectivity index (χ1v) is 7.05. The zero-order chi connectivity index (χ0) is 15.8. The van der Waals surface area contributed by atoms with Crippen LogP contribution in [0.5, 0.6) is 0 Å². The molecular formula is C16H23N3O2. The molecule has 1 heterocycles. The second kappa shape index (κ2) is 5.06. The fourth-order valence-electron chi connectivity index (χ4n) is 2.08. The van der Waals surface area contributed by atoms with E-state index in [1.54, 1.807) is 0 Å². The van der Waals surface area contributed by atoms with Crippen molar-refractivity contribution in [1.82, 2.24) is 10.2 Å². The topological polar surface area (TPSA) is 67.0 Å². The summed E-state index contributed by atoms with van der Waals surface area (Å²) in [7, 11) is 0. The summed E-state index contributed by atoms with van der Waals surface area (Å²) in [6.07, 6.45) is -0.456. The fraction of sp³-hybridized carbons (Fsp3) is 0.500. The average molecular weight is 289 g/mol. The number of hydrogen-bond acceptors (Lipinski definition) is 3. The molecule has 2 rings (SSSR count). The lowest BCUT2D eigenvalue weighted by molar-refractivity contribution is 0.0636. The van der Waals surface area contributed by atoms with E-state index in [2.05, 4.69) is 36.3 Å². The highest BCUT2D eigenvalue weighted by molar-refractivity contribution is 5.91. The van der Waals surface area contributed by atoms with Crippen LogP contribution < -0.4 is 5.32 Å². The Kier molecular flexibility index (Phi) is 3.70. The summed E-state index contributed by atoms with van der Waals surface area (Å²) in [5.41, 5.74) is 2.07. The van der Waals surface area contributed by atoms with E-state index >= 15 is 0 Å². The standard InChI is InChI=1S/C16H23N3O2/c1-15(2,3)13-11-9-10(7-8-12(11)18-19-13)17-14(20)21-16(4,5)6/h7-9H,1-6H3,(H,17,20)(H,18,19). The first-order chi connectivity index (χ1) is 9.56. The van der Waals surface area contributed by atoms with Gasteiger partial charge >= 0.3 is 6.09 Å². The predicted octanol–water partition coefficient (Wildman–Crippen LogP) is 4.21. The number of fused-ring (bicyclic) bond motifs is 1. The first kappa shape index (κ1) is 15.4. The van der Waals surface area contributed by atoms with Gasteiger partial charge in [0.15, 0.2) is 0 Å². The van der Waals surface area contributed by atoms with Gasteiger partial charge in [-0.15, -0.1) is 0 Å². The maximum atomic E-state index is 11.8. The fourth-order valence-corrected chi connectivity index (χ4v) is 2.08. The van der Waals surface area contributed by atoms with Crippen LogP contribution in [0.15, 0.2) is 18.2 Å². The van der Waals surface area contributed by atoms with Gasteiger partial charge < -0.3 is 4.74 Å². The molecule has 0 aliphatic heterocycles. The minimum Gasteiger partial charge on any atom is -0.444 e. The molecule has 1 aromatic carbocycles. The number of H-pyrrole nitrogens is 1. The number of ether oxygens (including phenoxy) is 1. The molecule has 0 fully saturated rings. The maximum Gasteiger partial charge on any atom is 0.412 e. The number of nitrogens with zero attached hydrogens (tertiary/aromatic N) is 1. The van der Waals surface area contributed by atoms with Gasteiger partial charge in [-0.1, -0.05) is 20.8 Å². The summed E-state index contributed by atoms with van der Waals surface area (Å²) < 4.78 is 5.26. The number of benzene rings is 1. The van der Waals surface area contributed by atoms with Crippen LogP contribution in [0.3, 0.4) is 0 Å². The van der Waals surface area contributed by atoms with Gasteiger partial charge in [0.25, 0.3) is 0 Å². The molecule has 0 unspecified atom stereocenters. The number of amides is 1. The zero-order valence-electron chi connectivity index (χ0n) is 13.5. The van der Waals surface area contributed by atoms with E-state index in [0.29, 0.717) is 5.69 Å². The smallest absolute Gasteiger partial charge is 0.412 e. The molecule has 2 N–H and O–H groups in total. The molecule has 1 aromatic heterocycles. The minimum atomic E-state index is -0.513. The Balaban J connectivity index is 2.28. The van der Waals surface area contributed by atoms with E-state index in [-0.39, 0.29) is 5.41 Å². The average Bonchev–Trinajstić information content (AvgIpc) is 2.68. The molecule has 1 amide bonds. The van der Waals surface area contributed by atoms with E-state index in [1.807, 2.05) is 39.0 Å². The van der Waals surface area contributed by atoms with E-state index in [4.69, 9.17) is 4.74 Å². The Morgan fingerprint density at radius 2 is 1.86 bits per heavy atom. The summed E-state index contributed by atoms with van der Waals surface area (Å²) in [6, 6.07) is 5.62. The van der Waals surface area contributed by atoms with Crippen LogP contribution in [0.4, 0.5) is 10.5 Å². The Hall–Kier alpha value is -2.04. The van der Waals surface area contributed by atoms with Crippen molar-refractivity contribution in [2.45, 2.75) is 52.6 Å². The second-order valence-electron chi connectivity index (χ2n) is 7.21. The van der Waals surface area contributed by atoms with Gasteiger partial charge in [0.1, 0.15) is 5.60 Å². The molecule has 2 aromatic rings. The molecule has 0 saturated carbocycles. The summed E-state index contributed by atoms with van der Waals surface area (Å²) in [6.45, 7) is 11.9. The van der Waals surface area contributed by atoms with Gasteiger partial charge in [-0.2, -0.15) is 5.10 Å². The molecule has 5 nitrogen and oxygen atoms in total. The van der Waals surface area contributed by atoms with Crippen LogP contribution in [0.25, 0.3) is 10.9 Å². The number of nitrogens with one attached hydrogen (secondary N) is 2. The quantitative estimate of drug-likeness (QED) is 0.826. The first-order valence-electron chi connectivity index (χ1n) is 7.05. The van der Waals surface area contributed by atoms with Crippen molar-refractivity contribution in [2.24, 2.45) is 0 Å². The van der Waals surface area contributed by atoms with E-state index in [1.165, 1.54) is 0 Å². The van der Waals surface area contributed by atoms with Crippen LogP contribution in [0, 0.1) is 0 Å². The van der Waals surface area contributed by atoms with Crippen molar-refractivity contribution in [2.75, 3.05) is 5.32 Å². The van der Waals surface area contributed by atoms with E-state index in [0.717, 1.165) is 16.6 Å². The van der Waals surface area contributed by atoms with Gasteiger partial charge in [0.2, 0.25) is 0 Å². The van der Waals surface area contributed by atoms with E-state index < -0.39 is 11.7 Å². The Morgan fingerprint density at radius 1 is 1.19 bits per heavy atom.